The van der Waals surface area contributed by atoms with E-state index in [9.17, 15) is 0 Å². The molecule has 7 nitrogen and oxygen atoms in total. The molecule has 0 bridgehead atoms. The van der Waals surface area contributed by atoms with Gasteiger partial charge in [-0.15, -0.1) is 0 Å². The third kappa shape index (κ3) is 2.31. The lowest BCUT2D eigenvalue weighted by Gasteiger charge is -2.51. The molecule has 15 heavy (non-hydrogen) atoms. The smallest absolute Gasteiger partial charge is 0.517 e. The van der Waals surface area contributed by atoms with Crippen LogP contribution >= 0.6 is 0 Å². The summed E-state index contributed by atoms with van der Waals surface area (Å²) in [5.41, 5.74) is 4.82. The molecule has 0 aromatic carbocycles. The monoisotopic (exact) mass is 220 g/mol. The van der Waals surface area contributed by atoms with Crippen LogP contribution in [0.2, 0.25) is 0 Å². The van der Waals surface area contributed by atoms with Gasteiger partial charge in [-0.1, -0.05) is 0 Å². The third-order valence-corrected chi connectivity index (χ3v) is 2.45. The average molecular weight is 220 g/mol. The summed E-state index contributed by atoms with van der Waals surface area (Å²) < 4.78 is 20.9. The molecule has 1 spiro atoms. The standard InChI is InChI=1S/C7H15BNO6/c9-7(3-10)4-14-8(15-5-7)12-1-6(11)2-13-8/h6,10-11H,1-5,9H2/q-1. The lowest BCUT2D eigenvalue weighted by Crippen LogP contribution is -2.67. The molecule has 88 valence electrons. The zero-order valence-electron chi connectivity index (χ0n) is 8.30. The summed E-state index contributed by atoms with van der Waals surface area (Å²) in [6, 6.07) is 0. The van der Waals surface area contributed by atoms with E-state index in [0.717, 1.165) is 0 Å². The lowest BCUT2D eigenvalue weighted by atomic mass is 9.94. The predicted octanol–water partition coefficient (Wildman–Crippen LogP) is -2.43. The lowest BCUT2D eigenvalue weighted by molar-refractivity contribution is -0.140. The number of hydrogen-bond donors (Lipinski definition) is 3. The van der Waals surface area contributed by atoms with Gasteiger partial charge in [0.1, 0.15) is 0 Å². The van der Waals surface area contributed by atoms with Crippen LogP contribution in [-0.2, 0) is 18.6 Å². The maximum absolute atomic E-state index is 9.16. The summed E-state index contributed by atoms with van der Waals surface area (Å²) in [7, 11) is 0. The summed E-state index contributed by atoms with van der Waals surface area (Å²) in [6.45, 7) is -2.06. The Kier molecular flexibility index (Phi) is 2.99. The zero-order chi connectivity index (χ0) is 10.9. The van der Waals surface area contributed by atoms with Crippen molar-refractivity contribution >= 4 is 6.96 Å². The molecule has 0 aromatic rings. The van der Waals surface area contributed by atoms with E-state index < -0.39 is 18.6 Å². The van der Waals surface area contributed by atoms with Crippen molar-refractivity contribution in [1.82, 2.24) is 0 Å². The molecule has 2 saturated heterocycles. The van der Waals surface area contributed by atoms with Gasteiger partial charge in [0.25, 0.3) is 0 Å². The van der Waals surface area contributed by atoms with Gasteiger partial charge >= 0.3 is 6.96 Å². The Bertz CT molecular complexity index is 222. The molecule has 0 radical (unpaired) electrons. The van der Waals surface area contributed by atoms with E-state index in [4.69, 9.17) is 34.6 Å². The van der Waals surface area contributed by atoms with Crippen molar-refractivity contribution in [3.8, 4) is 0 Å². The number of nitrogens with two attached hydrogens (primary N) is 1. The fourth-order valence-corrected chi connectivity index (χ4v) is 1.46. The fraction of sp³-hybridized carbons (Fsp3) is 1.00. The van der Waals surface area contributed by atoms with E-state index in [1.54, 1.807) is 0 Å². The molecule has 2 aliphatic heterocycles. The highest BCUT2D eigenvalue weighted by molar-refractivity contribution is 6.53. The van der Waals surface area contributed by atoms with E-state index in [1.807, 2.05) is 0 Å². The molecule has 0 atom stereocenters. The Morgan fingerprint density at radius 3 is 2.20 bits per heavy atom. The molecule has 2 rings (SSSR count). The molecule has 0 aliphatic carbocycles. The molecule has 4 N–H and O–H groups in total. The van der Waals surface area contributed by atoms with E-state index in [0.29, 0.717) is 0 Å². The first kappa shape index (κ1) is 11.3. The maximum atomic E-state index is 9.16. The minimum absolute atomic E-state index is 0.0968. The molecule has 2 aliphatic rings. The molecule has 2 fully saturated rings. The Morgan fingerprint density at radius 1 is 1.20 bits per heavy atom. The number of aliphatic hydroxyl groups is 2. The maximum Gasteiger partial charge on any atom is 0.531 e. The highest BCUT2D eigenvalue weighted by Gasteiger charge is 2.44. The van der Waals surface area contributed by atoms with E-state index in [-0.39, 0.29) is 33.0 Å². The average Bonchev–Trinajstić information content (AvgIpc) is 2.27. The Morgan fingerprint density at radius 2 is 1.73 bits per heavy atom. The molecule has 0 saturated carbocycles. The van der Waals surface area contributed by atoms with Gasteiger partial charge in [0.05, 0.1) is 18.2 Å². The van der Waals surface area contributed by atoms with Gasteiger partial charge in [0.15, 0.2) is 0 Å². The first-order valence-corrected chi connectivity index (χ1v) is 4.84. The van der Waals surface area contributed by atoms with Gasteiger partial charge in [0, 0.05) is 26.4 Å². The van der Waals surface area contributed by atoms with Gasteiger partial charge in [0.2, 0.25) is 0 Å². The minimum atomic E-state index is -2.24. The van der Waals surface area contributed by atoms with Crippen molar-refractivity contribution in [2.75, 3.05) is 33.0 Å². The zero-order valence-corrected chi connectivity index (χ0v) is 8.30. The van der Waals surface area contributed by atoms with Crippen LogP contribution < -0.4 is 5.73 Å². The SMILES string of the molecule is NC1(CO)CO[B-]2(OCC(O)CO2)OC1. The van der Waals surface area contributed by atoms with E-state index >= 15 is 0 Å². The van der Waals surface area contributed by atoms with Gasteiger partial charge in [-0.2, -0.15) is 0 Å². The second-order valence-corrected chi connectivity index (χ2v) is 4.04. The van der Waals surface area contributed by atoms with Gasteiger partial charge < -0.3 is 34.6 Å². The van der Waals surface area contributed by atoms with Crippen LogP contribution in [0, 0.1) is 0 Å². The van der Waals surface area contributed by atoms with Crippen molar-refractivity contribution in [3.63, 3.8) is 0 Å². The molecule has 8 heteroatoms. The summed E-state index contributed by atoms with van der Waals surface area (Å²) in [6.07, 6.45) is -0.660. The summed E-state index contributed by atoms with van der Waals surface area (Å²) in [5.74, 6) is 0. The van der Waals surface area contributed by atoms with Gasteiger partial charge in [-0.3, -0.25) is 0 Å². The molecular weight excluding hydrogens is 205 g/mol. The third-order valence-electron chi connectivity index (χ3n) is 2.45. The van der Waals surface area contributed by atoms with Crippen molar-refractivity contribution < 1.29 is 28.8 Å². The highest BCUT2D eigenvalue weighted by Crippen LogP contribution is 2.24. The number of aliphatic hydroxyl groups excluding tert-OH is 2. The van der Waals surface area contributed by atoms with Crippen LogP contribution in [0.5, 0.6) is 0 Å². The molecule has 2 heterocycles. The van der Waals surface area contributed by atoms with Gasteiger partial charge in [-0.05, 0) is 0 Å². The second kappa shape index (κ2) is 3.98. The number of hydrogen-bond acceptors (Lipinski definition) is 7. The first-order valence-electron chi connectivity index (χ1n) is 4.84. The highest BCUT2D eigenvalue weighted by atomic mass is 16.9. The molecule has 0 aromatic heterocycles. The van der Waals surface area contributed by atoms with Crippen molar-refractivity contribution in [2.24, 2.45) is 5.73 Å². The quantitative estimate of drug-likeness (QED) is 0.422. The van der Waals surface area contributed by atoms with Gasteiger partial charge in [-0.25, -0.2) is 0 Å². The molecule has 0 amide bonds. The Balaban J connectivity index is 1.92. The largest absolute Gasteiger partial charge is 0.531 e. The first-order chi connectivity index (χ1) is 7.08. The summed E-state index contributed by atoms with van der Waals surface area (Å²) >= 11 is 0. The van der Waals surface area contributed by atoms with Crippen molar-refractivity contribution in [3.05, 3.63) is 0 Å². The number of rotatable bonds is 1. The predicted molar refractivity (Wildman–Crippen MR) is 49.6 cm³/mol. The van der Waals surface area contributed by atoms with Crippen LogP contribution in [0.1, 0.15) is 0 Å². The topological polar surface area (TPSA) is 103 Å². The molecular formula is C7H15BNO6-. The fourth-order valence-electron chi connectivity index (χ4n) is 1.46. The van der Waals surface area contributed by atoms with Crippen molar-refractivity contribution in [1.29, 1.82) is 0 Å². The van der Waals surface area contributed by atoms with Crippen LogP contribution in [0.15, 0.2) is 0 Å². The van der Waals surface area contributed by atoms with Crippen LogP contribution in [-0.4, -0.2) is 61.8 Å². The Labute approximate surface area is 87.1 Å². The normalized spacial score (nSPS) is 47.0. The Hall–Kier alpha value is -0.215. The van der Waals surface area contributed by atoms with E-state index in [2.05, 4.69) is 0 Å². The minimum Gasteiger partial charge on any atom is -0.517 e. The molecule has 0 unspecified atom stereocenters. The second-order valence-electron chi connectivity index (χ2n) is 4.04. The van der Waals surface area contributed by atoms with Crippen molar-refractivity contribution in [2.45, 2.75) is 11.6 Å². The van der Waals surface area contributed by atoms with Crippen LogP contribution in [0.4, 0.5) is 0 Å². The van der Waals surface area contributed by atoms with E-state index in [1.165, 1.54) is 0 Å². The summed E-state index contributed by atoms with van der Waals surface area (Å²) in [5, 5.41) is 18.1. The van der Waals surface area contributed by atoms with Crippen LogP contribution in [0.25, 0.3) is 0 Å². The van der Waals surface area contributed by atoms with Crippen LogP contribution in [0.3, 0.4) is 0 Å². The summed E-state index contributed by atoms with van der Waals surface area (Å²) in [4.78, 5) is 0.